The van der Waals surface area contributed by atoms with Crippen molar-refractivity contribution in [1.82, 2.24) is 4.57 Å². The second-order valence-corrected chi connectivity index (χ2v) is 5.95. The van der Waals surface area contributed by atoms with Gasteiger partial charge in [-0.25, -0.2) is 4.39 Å². The highest BCUT2D eigenvalue weighted by molar-refractivity contribution is 5.53. The fourth-order valence-electron chi connectivity index (χ4n) is 3.16. The van der Waals surface area contributed by atoms with Crippen LogP contribution < -0.4 is 9.64 Å². The molecule has 0 bridgehead atoms. The normalized spacial score (nSPS) is 17.0. The molecule has 0 spiro atoms. The SMILES string of the molecule is COc1cccc(N2CCOC2c2ccn(-c3cccc(F)c3)c2)c1. The van der Waals surface area contributed by atoms with E-state index in [1.54, 1.807) is 13.2 Å². The van der Waals surface area contributed by atoms with Crippen molar-refractivity contribution in [3.63, 3.8) is 0 Å². The summed E-state index contributed by atoms with van der Waals surface area (Å²) in [4.78, 5) is 2.20. The minimum absolute atomic E-state index is 0.165. The number of aromatic nitrogens is 1. The zero-order valence-electron chi connectivity index (χ0n) is 13.9. The third-order valence-electron chi connectivity index (χ3n) is 4.38. The van der Waals surface area contributed by atoms with Gasteiger partial charge in [0.2, 0.25) is 0 Å². The number of methoxy groups -OCH3 is 1. The maximum absolute atomic E-state index is 13.5. The molecule has 3 aromatic rings. The Hall–Kier alpha value is -2.79. The number of nitrogens with zero attached hydrogens (tertiary/aromatic N) is 2. The fourth-order valence-corrected chi connectivity index (χ4v) is 3.16. The summed E-state index contributed by atoms with van der Waals surface area (Å²) in [6, 6.07) is 16.5. The zero-order chi connectivity index (χ0) is 17.2. The highest BCUT2D eigenvalue weighted by Crippen LogP contribution is 2.34. The van der Waals surface area contributed by atoms with Gasteiger partial charge >= 0.3 is 0 Å². The lowest BCUT2D eigenvalue weighted by Crippen LogP contribution is -2.22. The largest absolute Gasteiger partial charge is 0.497 e. The molecule has 4 rings (SSSR count). The van der Waals surface area contributed by atoms with E-state index in [0.29, 0.717) is 6.61 Å². The molecule has 0 radical (unpaired) electrons. The molecular formula is C20H19FN2O2. The first kappa shape index (κ1) is 15.7. The second-order valence-electron chi connectivity index (χ2n) is 5.95. The van der Waals surface area contributed by atoms with Crippen LogP contribution in [0.5, 0.6) is 5.75 Å². The molecule has 1 aliphatic heterocycles. The standard InChI is InChI=1S/C20H19FN2O2/c1-24-19-7-3-6-18(13-19)23-10-11-25-20(23)15-8-9-22(14-15)17-5-2-4-16(21)12-17/h2-9,12-14,20H,10-11H2,1H3. The second kappa shape index (κ2) is 6.61. The van der Waals surface area contributed by atoms with E-state index >= 15 is 0 Å². The van der Waals surface area contributed by atoms with Crippen LogP contribution in [-0.4, -0.2) is 24.8 Å². The van der Waals surface area contributed by atoms with E-state index in [0.717, 1.165) is 29.2 Å². The van der Waals surface area contributed by atoms with E-state index in [1.165, 1.54) is 12.1 Å². The molecule has 4 nitrogen and oxygen atoms in total. The van der Waals surface area contributed by atoms with Crippen LogP contribution in [0.1, 0.15) is 11.8 Å². The molecule has 0 aliphatic carbocycles. The molecule has 1 fully saturated rings. The molecule has 1 saturated heterocycles. The number of anilines is 1. The highest BCUT2D eigenvalue weighted by Gasteiger charge is 2.28. The summed E-state index contributed by atoms with van der Waals surface area (Å²) in [6.45, 7) is 1.47. The van der Waals surface area contributed by atoms with E-state index < -0.39 is 0 Å². The van der Waals surface area contributed by atoms with Gasteiger partial charge in [-0.3, -0.25) is 0 Å². The topological polar surface area (TPSA) is 26.6 Å². The van der Waals surface area contributed by atoms with Crippen molar-refractivity contribution in [3.05, 3.63) is 78.4 Å². The monoisotopic (exact) mass is 338 g/mol. The predicted molar refractivity (Wildman–Crippen MR) is 94.8 cm³/mol. The van der Waals surface area contributed by atoms with Gasteiger partial charge in [0.1, 0.15) is 11.6 Å². The molecule has 25 heavy (non-hydrogen) atoms. The number of ether oxygens (including phenoxy) is 2. The number of benzene rings is 2. The van der Waals surface area contributed by atoms with Crippen LogP contribution in [0.4, 0.5) is 10.1 Å². The molecule has 0 N–H and O–H groups in total. The van der Waals surface area contributed by atoms with Crippen LogP contribution in [0.2, 0.25) is 0 Å². The predicted octanol–water partition coefficient (Wildman–Crippen LogP) is 4.16. The summed E-state index contributed by atoms with van der Waals surface area (Å²) in [5, 5.41) is 0. The maximum atomic E-state index is 13.5. The van der Waals surface area contributed by atoms with Crippen molar-refractivity contribution < 1.29 is 13.9 Å². The molecule has 1 aliphatic rings. The number of hydrogen-bond acceptors (Lipinski definition) is 3. The van der Waals surface area contributed by atoms with E-state index in [-0.39, 0.29) is 12.0 Å². The number of halogens is 1. The lowest BCUT2D eigenvalue weighted by molar-refractivity contribution is 0.114. The Morgan fingerprint density at radius 3 is 2.76 bits per heavy atom. The molecule has 1 aromatic heterocycles. The fraction of sp³-hybridized carbons (Fsp3) is 0.200. The number of hydrogen-bond donors (Lipinski definition) is 0. The van der Waals surface area contributed by atoms with Gasteiger partial charge in [-0.05, 0) is 36.4 Å². The van der Waals surface area contributed by atoms with E-state index in [1.807, 2.05) is 53.4 Å². The number of rotatable bonds is 4. The molecule has 5 heteroatoms. The van der Waals surface area contributed by atoms with Crippen LogP contribution in [0.25, 0.3) is 5.69 Å². The molecule has 128 valence electrons. The molecule has 1 atom stereocenters. The summed E-state index contributed by atoms with van der Waals surface area (Å²) in [7, 11) is 1.66. The van der Waals surface area contributed by atoms with Crippen LogP contribution in [-0.2, 0) is 4.74 Å². The van der Waals surface area contributed by atoms with Crippen LogP contribution in [0.15, 0.2) is 67.0 Å². The first-order valence-electron chi connectivity index (χ1n) is 8.21. The molecular weight excluding hydrogens is 319 g/mol. The van der Waals surface area contributed by atoms with E-state index in [9.17, 15) is 4.39 Å². The van der Waals surface area contributed by atoms with Gasteiger partial charge in [0, 0.05) is 41.9 Å². The van der Waals surface area contributed by atoms with Crippen molar-refractivity contribution in [2.24, 2.45) is 0 Å². The summed E-state index contributed by atoms with van der Waals surface area (Å²) in [5.41, 5.74) is 2.88. The maximum Gasteiger partial charge on any atom is 0.158 e. The smallest absolute Gasteiger partial charge is 0.158 e. The Kier molecular flexibility index (Phi) is 4.15. The quantitative estimate of drug-likeness (QED) is 0.715. The van der Waals surface area contributed by atoms with Gasteiger partial charge < -0.3 is 18.9 Å². The third kappa shape index (κ3) is 3.10. The van der Waals surface area contributed by atoms with Gasteiger partial charge in [0.15, 0.2) is 6.23 Å². The summed E-state index contributed by atoms with van der Waals surface area (Å²) in [5.74, 6) is 0.573. The molecule has 1 unspecified atom stereocenters. The van der Waals surface area contributed by atoms with E-state index in [4.69, 9.17) is 9.47 Å². The van der Waals surface area contributed by atoms with Crippen LogP contribution >= 0.6 is 0 Å². The average Bonchev–Trinajstić information content (AvgIpc) is 3.31. The highest BCUT2D eigenvalue weighted by atomic mass is 19.1. The molecule has 0 amide bonds. The average molecular weight is 338 g/mol. The Morgan fingerprint density at radius 1 is 1.08 bits per heavy atom. The van der Waals surface area contributed by atoms with Crippen LogP contribution in [0.3, 0.4) is 0 Å². The van der Waals surface area contributed by atoms with Crippen LogP contribution in [0, 0.1) is 5.82 Å². The van der Waals surface area contributed by atoms with Gasteiger partial charge in [-0.1, -0.05) is 12.1 Å². The first-order chi connectivity index (χ1) is 12.2. The third-order valence-corrected chi connectivity index (χ3v) is 4.38. The Labute approximate surface area is 146 Å². The lowest BCUT2D eigenvalue weighted by Gasteiger charge is -2.25. The van der Waals surface area contributed by atoms with Crippen molar-refractivity contribution >= 4 is 5.69 Å². The van der Waals surface area contributed by atoms with Crippen molar-refractivity contribution in [3.8, 4) is 11.4 Å². The lowest BCUT2D eigenvalue weighted by atomic mass is 10.2. The Bertz CT molecular complexity index is 877. The summed E-state index contributed by atoms with van der Waals surface area (Å²) >= 11 is 0. The summed E-state index contributed by atoms with van der Waals surface area (Å²) < 4.78 is 26.6. The van der Waals surface area contributed by atoms with Gasteiger partial charge in [0.05, 0.1) is 13.7 Å². The van der Waals surface area contributed by atoms with Gasteiger partial charge in [-0.15, -0.1) is 0 Å². The minimum atomic E-state index is -0.247. The van der Waals surface area contributed by atoms with Crippen molar-refractivity contribution in [2.75, 3.05) is 25.2 Å². The molecule has 2 heterocycles. The summed E-state index contributed by atoms with van der Waals surface area (Å²) in [6.07, 6.45) is 3.75. The zero-order valence-corrected chi connectivity index (χ0v) is 13.9. The Balaban J connectivity index is 1.62. The molecule has 0 saturated carbocycles. The minimum Gasteiger partial charge on any atom is -0.497 e. The van der Waals surface area contributed by atoms with Gasteiger partial charge in [0.25, 0.3) is 0 Å². The first-order valence-corrected chi connectivity index (χ1v) is 8.21. The van der Waals surface area contributed by atoms with Gasteiger partial charge in [-0.2, -0.15) is 0 Å². The van der Waals surface area contributed by atoms with Crippen molar-refractivity contribution in [1.29, 1.82) is 0 Å². The van der Waals surface area contributed by atoms with Crippen molar-refractivity contribution in [2.45, 2.75) is 6.23 Å². The molecule has 2 aromatic carbocycles. The Morgan fingerprint density at radius 2 is 1.92 bits per heavy atom. The van der Waals surface area contributed by atoms with E-state index in [2.05, 4.69) is 4.90 Å².